The lowest BCUT2D eigenvalue weighted by atomic mass is 9.94. The molecular formula is C33H29N7O5. The minimum atomic E-state index is -0.709. The van der Waals surface area contributed by atoms with Crippen molar-refractivity contribution in [1.82, 2.24) is 19.7 Å². The highest BCUT2D eigenvalue weighted by Crippen LogP contribution is 2.40. The molecule has 3 heterocycles. The van der Waals surface area contributed by atoms with Crippen molar-refractivity contribution >= 4 is 23.2 Å². The summed E-state index contributed by atoms with van der Waals surface area (Å²) in [5, 5.41) is 22.1. The van der Waals surface area contributed by atoms with E-state index >= 15 is 0 Å². The van der Waals surface area contributed by atoms with Crippen molar-refractivity contribution in [2.75, 3.05) is 17.2 Å². The molecule has 0 aliphatic carbocycles. The zero-order chi connectivity index (χ0) is 31.3. The quantitative estimate of drug-likeness (QED) is 0.142. The summed E-state index contributed by atoms with van der Waals surface area (Å²) in [6.07, 6.45) is 3.20. The van der Waals surface area contributed by atoms with Gasteiger partial charge in [0.25, 0.3) is 11.6 Å². The van der Waals surface area contributed by atoms with Gasteiger partial charge in [0.1, 0.15) is 12.6 Å². The SMILES string of the molecule is CCOc1cc(C2C(C(=O)Nc3cccnc3)=C(C)Nc3nc(-c4ccc([N+](=O)[O-])cc4)nn32)ccc1OCc1ccccc1. The summed E-state index contributed by atoms with van der Waals surface area (Å²) in [5.41, 5.74) is 3.80. The number of pyridine rings is 1. The Morgan fingerprint density at radius 1 is 1.02 bits per heavy atom. The number of amides is 1. The number of nitrogens with one attached hydrogen (secondary N) is 2. The molecule has 0 spiro atoms. The zero-order valence-electron chi connectivity index (χ0n) is 24.5. The van der Waals surface area contributed by atoms with Crippen LogP contribution in [0.2, 0.25) is 0 Å². The largest absolute Gasteiger partial charge is 0.490 e. The van der Waals surface area contributed by atoms with Crippen LogP contribution < -0.4 is 20.1 Å². The van der Waals surface area contributed by atoms with E-state index in [2.05, 4.69) is 20.6 Å². The summed E-state index contributed by atoms with van der Waals surface area (Å²) in [6.45, 7) is 4.45. The molecule has 5 aromatic rings. The van der Waals surface area contributed by atoms with Gasteiger partial charge in [0.05, 0.1) is 29.0 Å². The number of hydrogen-bond donors (Lipinski definition) is 2. The third kappa shape index (κ3) is 6.20. The zero-order valence-corrected chi connectivity index (χ0v) is 24.5. The van der Waals surface area contributed by atoms with Crippen LogP contribution in [0.15, 0.2) is 109 Å². The molecule has 0 saturated carbocycles. The first kappa shape index (κ1) is 29.1. The number of nitro benzene ring substituents is 1. The minimum Gasteiger partial charge on any atom is -0.490 e. The standard InChI is InChI=1S/C33H29N7O5/c1-3-44-28-18-24(13-16-27(28)45-20-22-8-5-4-6-9-22)30-29(32(41)36-25-10-7-17-34-19-25)21(2)35-33-37-31(38-39(30)33)23-11-14-26(15-12-23)40(42)43/h4-19,30H,3,20H2,1-2H3,(H,36,41)(H,35,37,38). The number of hydrogen-bond acceptors (Lipinski definition) is 9. The van der Waals surface area contributed by atoms with E-state index in [-0.39, 0.29) is 11.6 Å². The van der Waals surface area contributed by atoms with Crippen molar-refractivity contribution < 1.29 is 19.2 Å². The smallest absolute Gasteiger partial charge is 0.269 e. The molecule has 3 aromatic carbocycles. The van der Waals surface area contributed by atoms with E-state index in [9.17, 15) is 14.9 Å². The highest BCUT2D eigenvalue weighted by molar-refractivity contribution is 6.06. The fourth-order valence-corrected chi connectivity index (χ4v) is 5.06. The number of benzene rings is 3. The van der Waals surface area contributed by atoms with Crippen LogP contribution in [0, 0.1) is 10.1 Å². The maximum Gasteiger partial charge on any atom is 0.269 e. The monoisotopic (exact) mass is 603 g/mol. The van der Waals surface area contributed by atoms with Crippen LogP contribution in [0.4, 0.5) is 17.3 Å². The van der Waals surface area contributed by atoms with Crippen LogP contribution in [-0.2, 0) is 11.4 Å². The number of nitro groups is 1. The van der Waals surface area contributed by atoms with Gasteiger partial charge in [-0.2, -0.15) is 4.98 Å². The maximum atomic E-state index is 13.9. The average molecular weight is 604 g/mol. The molecule has 45 heavy (non-hydrogen) atoms. The molecular weight excluding hydrogens is 574 g/mol. The number of allylic oxidation sites excluding steroid dienone is 1. The van der Waals surface area contributed by atoms with Gasteiger partial charge in [-0.1, -0.05) is 36.4 Å². The molecule has 0 bridgehead atoms. The number of non-ortho nitro benzene ring substituents is 1. The number of ether oxygens (including phenoxy) is 2. The predicted molar refractivity (Wildman–Crippen MR) is 168 cm³/mol. The first-order valence-corrected chi connectivity index (χ1v) is 14.2. The van der Waals surface area contributed by atoms with E-state index < -0.39 is 11.0 Å². The Hall–Kier alpha value is -6.04. The number of carbonyl (C=O) groups excluding carboxylic acids is 1. The summed E-state index contributed by atoms with van der Waals surface area (Å²) in [6, 6.07) is 24.2. The van der Waals surface area contributed by atoms with Gasteiger partial charge in [0, 0.05) is 29.6 Å². The molecule has 0 saturated heterocycles. The normalized spacial score (nSPS) is 13.9. The number of aromatic nitrogens is 4. The van der Waals surface area contributed by atoms with E-state index in [4.69, 9.17) is 14.6 Å². The second kappa shape index (κ2) is 12.7. The predicted octanol–water partition coefficient (Wildman–Crippen LogP) is 6.15. The summed E-state index contributed by atoms with van der Waals surface area (Å²) in [7, 11) is 0. The van der Waals surface area contributed by atoms with Crippen molar-refractivity contribution in [3.8, 4) is 22.9 Å². The van der Waals surface area contributed by atoms with E-state index in [1.165, 1.54) is 12.1 Å². The van der Waals surface area contributed by atoms with Gasteiger partial charge in [0.2, 0.25) is 5.95 Å². The Bertz CT molecular complexity index is 1870. The molecule has 1 aliphatic heterocycles. The second-order valence-electron chi connectivity index (χ2n) is 10.2. The van der Waals surface area contributed by atoms with Crippen molar-refractivity contribution in [3.63, 3.8) is 0 Å². The summed E-state index contributed by atoms with van der Waals surface area (Å²) >= 11 is 0. The molecule has 12 heteroatoms. The number of fused-ring (bicyclic) bond motifs is 1. The lowest BCUT2D eigenvalue weighted by Gasteiger charge is -2.29. The topological polar surface area (TPSA) is 146 Å². The maximum absolute atomic E-state index is 13.9. The molecule has 226 valence electrons. The Morgan fingerprint density at radius 2 is 1.82 bits per heavy atom. The molecule has 2 aromatic heterocycles. The van der Waals surface area contributed by atoms with Crippen LogP contribution in [-0.4, -0.2) is 37.2 Å². The van der Waals surface area contributed by atoms with Crippen molar-refractivity contribution in [2.45, 2.75) is 26.5 Å². The van der Waals surface area contributed by atoms with Crippen molar-refractivity contribution in [1.29, 1.82) is 0 Å². The van der Waals surface area contributed by atoms with Crippen molar-refractivity contribution in [3.05, 3.63) is 130 Å². The number of anilines is 2. The molecule has 0 fully saturated rings. The van der Waals surface area contributed by atoms with Crippen LogP contribution in [0.1, 0.15) is 31.0 Å². The average Bonchev–Trinajstić information content (AvgIpc) is 3.48. The van der Waals surface area contributed by atoms with Crippen molar-refractivity contribution in [2.24, 2.45) is 0 Å². The Balaban J connectivity index is 1.41. The van der Waals surface area contributed by atoms with Gasteiger partial charge in [-0.15, -0.1) is 5.10 Å². The first-order chi connectivity index (χ1) is 21.9. The van der Waals surface area contributed by atoms with Crippen LogP contribution in [0.5, 0.6) is 11.5 Å². The fraction of sp³-hybridized carbons (Fsp3) is 0.152. The van der Waals surface area contributed by atoms with Gasteiger partial charge in [-0.25, -0.2) is 4.68 Å². The fourth-order valence-electron chi connectivity index (χ4n) is 5.06. The number of carbonyl (C=O) groups is 1. The second-order valence-corrected chi connectivity index (χ2v) is 10.2. The van der Waals surface area contributed by atoms with Crippen LogP contribution in [0.25, 0.3) is 11.4 Å². The minimum absolute atomic E-state index is 0.0383. The van der Waals surface area contributed by atoms with E-state index in [1.807, 2.05) is 55.5 Å². The molecule has 1 aliphatic rings. The van der Waals surface area contributed by atoms with E-state index in [0.29, 0.717) is 64.6 Å². The van der Waals surface area contributed by atoms with Gasteiger partial charge in [-0.05, 0) is 61.4 Å². The van der Waals surface area contributed by atoms with E-state index in [0.717, 1.165) is 5.56 Å². The van der Waals surface area contributed by atoms with Gasteiger partial charge >= 0.3 is 0 Å². The van der Waals surface area contributed by atoms with Gasteiger partial charge in [0.15, 0.2) is 17.3 Å². The molecule has 12 nitrogen and oxygen atoms in total. The lowest BCUT2D eigenvalue weighted by molar-refractivity contribution is -0.384. The van der Waals surface area contributed by atoms with Crippen LogP contribution >= 0.6 is 0 Å². The molecule has 1 unspecified atom stereocenters. The Kier molecular flexibility index (Phi) is 8.18. The number of rotatable bonds is 10. The Labute approximate surface area is 258 Å². The van der Waals surface area contributed by atoms with Crippen LogP contribution in [0.3, 0.4) is 0 Å². The van der Waals surface area contributed by atoms with Gasteiger partial charge in [-0.3, -0.25) is 19.9 Å². The molecule has 0 radical (unpaired) electrons. The lowest BCUT2D eigenvalue weighted by Crippen LogP contribution is -2.31. The third-order valence-electron chi connectivity index (χ3n) is 7.17. The molecule has 6 rings (SSSR count). The number of nitrogens with zero attached hydrogens (tertiary/aromatic N) is 5. The molecule has 1 atom stereocenters. The molecule has 1 amide bonds. The molecule has 2 N–H and O–H groups in total. The highest BCUT2D eigenvalue weighted by atomic mass is 16.6. The van der Waals surface area contributed by atoms with Gasteiger partial charge < -0.3 is 20.1 Å². The first-order valence-electron chi connectivity index (χ1n) is 14.2. The highest BCUT2D eigenvalue weighted by Gasteiger charge is 2.35. The summed E-state index contributed by atoms with van der Waals surface area (Å²) < 4.78 is 13.8. The summed E-state index contributed by atoms with van der Waals surface area (Å²) in [5.74, 6) is 1.48. The van der Waals surface area contributed by atoms with E-state index in [1.54, 1.807) is 48.3 Å². The Morgan fingerprint density at radius 3 is 2.53 bits per heavy atom. The third-order valence-corrected chi connectivity index (χ3v) is 7.17. The summed E-state index contributed by atoms with van der Waals surface area (Å²) in [4.78, 5) is 33.4.